The molecule has 0 bridgehead atoms. The third kappa shape index (κ3) is 6.65. The first kappa shape index (κ1) is 28.7. The van der Waals surface area contributed by atoms with Gasteiger partial charge in [0.05, 0.1) is 45.5 Å². The minimum Gasteiger partial charge on any atom is -0.492 e. The molecular weight excluding hydrogens is 551 g/mol. The maximum absolute atomic E-state index is 12.5. The number of carbonyl (C=O) groups is 1. The average molecular weight is 579 g/mol. The molecule has 0 fully saturated rings. The van der Waals surface area contributed by atoms with Crippen LogP contribution in [0.15, 0.2) is 54.7 Å². The van der Waals surface area contributed by atoms with Crippen molar-refractivity contribution < 1.29 is 14.3 Å². The lowest BCUT2D eigenvalue weighted by molar-refractivity contribution is -0.111. The Balaban J connectivity index is 1.74. The van der Waals surface area contributed by atoms with E-state index in [9.17, 15) is 10.1 Å². The number of alkyl halides is 1. The first-order valence-electron chi connectivity index (χ1n) is 12.6. The van der Waals surface area contributed by atoms with Gasteiger partial charge in [0, 0.05) is 42.3 Å². The number of pyridine rings is 1. The van der Waals surface area contributed by atoms with Crippen LogP contribution in [0.4, 0.5) is 17.1 Å². The van der Waals surface area contributed by atoms with Crippen molar-refractivity contribution in [2.75, 3.05) is 23.1 Å². The minimum absolute atomic E-state index is 0.211. The molecular formula is C29H28Cl2N6O3. The Kier molecular flexibility index (Phi) is 9.48. The van der Waals surface area contributed by atoms with Gasteiger partial charge < -0.3 is 20.1 Å². The fourth-order valence-corrected chi connectivity index (χ4v) is 4.40. The van der Waals surface area contributed by atoms with Gasteiger partial charge in [0.1, 0.15) is 24.2 Å². The summed E-state index contributed by atoms with van der Waals surface area (Å²) in [6.07, 6.45) is 5.28. The summed E-state index contributed by atoms with van der Waals surface area (Å²) < 4.78 is 13.3. The summed E-state index contributed by atoms with van der Waals surface area (Å²) in [4.78, 5) is 17.2. The number of halogens is 2. The molecule has 1 amide bonds. The summed E-state index contributed by atoms with van der Waals surface area (Å²) in [6.45, 7) is 4.46. The molecule has 9 nitrogen and oxygen atoms in total. The number of benzene rings is 2. The quantitative estimate of drug-likeness (QED) is 0.154. The van der Waals surface area contributed by atoms with E-state index in [4.69, 9.17) is 37.7 Å². The van der Waals surface area contributed by atoms with Crippen molar-refractivity contribution in [2.45, 2.75) is 26.9 Å². The van der Waals surface area contributed by atoms with Gasteiger partial charge in [-0.05, 0) is 43.7 Å². The first-order valence-corrected chi connectivity index (χ1v) is 13.5. The van der Waals surface area contributed by atoms with Gasteiger partial charge in [-0.1, -0.05) is 24.6 Å². The predicted octanol–water partition coefficient (Wildman–Crippen LogP) is 6.51. The molecule has 2 aromatic heterocycles. The highest BCUT2D eigenvalue weighted by molar-refractivity contribution is 6.32. The van der Waals surface area contributed by atoms with Gasteiger partial charge in [0.15, 0.2) is 0 Å². The number of carbonyl (C=O) groups excluding carboxylic acids is 1. The number of aryl methyl sites for hydroxylation is 2. The number of nitrogens with one attached hydrogen (secondary N) is 2. The summed E-state index contributed by atoms with van der Waals surface area (Å²) in [5, 5.41) is 21.6. The van der Waals surface area contributed by atoms with Crippen molar-refractivity contribution in [1.82, 2.24) is 14.8 Å². The monoisotopic (exact) mass is 578 g/mol. The van der Waals surface area contributed by atoms with Gasteiger partial charge in [0.25, 0.3) is 0 Å². The summed E-state index contributed by atoms with van der Waals surface area (Å²) >= 11 is 12.2. The molecule has 0 spiro atoms. The van der Waals surface area contributed by atoms with Crippen LogP contribution in [0.5, 0.6) is 11.5 Å². The number of allylic oxidation sites excluding steroid dienone is 1. The van der Waals surface area contributed by atoms with Gasteiger partial charge in [-0.15, -0.1) is 11.6 Å². The molecule has 2 N–H and O–H groups in total. The molecule has 4 rings (SSSR count). The first-order chi connectivity index (χ1) is 19.4. The number of rotatable bonds is 11. The van der Waals surface area contributed by atoms with Crippen LogP contribution < -0.4 is 20.1 Å². The normalized spacial score (nSPS) is 11.0. The van der Waals surface area contributed by atoms with Crippen LogP contribution in [0.25, 0.3) is 10.9 Å². The van der Waals surface area contributed by atoms with Crippen LogP contribution in [0.2, 0.25) is 5.02 Å². The zero-order valence-corrected chi connectivity index (χ0v) is 23.8. The van der Waals surface area contributed by atoms with E-state index < -0.39 is 0 Å². The van der Waals surface area contributed by atoms with Gasteiger partial charge in [0.2, 0.25) is 5.91 Å². The lowest BCUT2D eigenvalue weighted by Gasteiger charge is -2.18. The molecule has 40 heavy (non-hydrogen) atoms. The fraction of sp³-hybridized carbons (Fsp3) is 0.241. The van der Waals surface area contributed by atoms with Crippen molar-refractivity contribution >= 4 is 57.1 Å². The van der Waals surface area contributed by atoms with Crippen molar-refractivity contribution in [1.29, 1.82) is 5.26 Å². The van der Waals surface area contributed by atoms with Gasteiger partial charge in [-0.25, -0.2) is 0 Å². The molecule has 0 radical (unpaired) electrons. The molecule has 4 aromatic rings. The Morgan fingerprint density at radius 2 is 2.00 bits per heavy atom. The third-order valence-electron chi connectivity index (χ3n) is 5.87. The van der Waals surface area contributed by atoms with Crippen molar-refractivity contribution in [3.63, 3.8) is 0 Å². The van der Waals surface area contributed by atoms with Crippen molar-refractivity contribution in [3.8, 4) is 17.6 Å². The molecule has 2 heterocycles. The number of aromatic nitrogens is 3. The Labute approximate surface area is 242 Å². The molecule has 0 aliphatic carbocycles. The maximum atomic E-state index is 12.5. The van der Waals surface area contributed by atoms with Crippen LogP contribution >= 0.6 is 23.2 Å². The summed E-state index contributed by atoms with van der Waals surface area (Å²) in [5.41, 5.74) is 4.03. The standard InChI is InChI=1S/C29H28Cl2N6O3/c1-4-23-21(16-32)29(33-18-8-9-26(22(31)13-18)40-17-19-10-12-37(3)36-19)20-14-25(35-28(38)7-6-11-30)27(39-5-2)15-24(20)34-23/h6-10,12-15H,4-5,11,17H2,1-3H3,(H,33,34)(H,35,38)/b7-6+. The smallest absolute Gasteiger partial charge is 0.248 e. The second kappa shape index (κ2) is 13.2. The minimum atomic E-state index is -0.359. The number of fused-ring (bicyclic) bond motifs is 1. The Morgan fingerprint density at radius 3 is 2.65 bits per heavy atom. The Bertz CT molecular complexity index is 1610. The highest BCUT2D eigenvalue weighted by Crippen LogP contribution is 2.38. The molecule has 0 unspecified atom stereocenters. The van der Waals surface area contributed by atoms with E-state index in [0.717, 1.165) is 5.69 Å². The van der Waals surface area contributed by atoms with Crippen LogP contribution in [0, 0.1) is 11.3 Å². The molecule has 11 heteroatoms. The SMILES string of the molecule is CCOc1cc2nc(CC)c(C#N)c(Nc3ccc(OCc4ccn(C)n4)c(Cl)c3)c2cc1NC(=O)/C=C/CCl. The zero-order valence-electron chi connectivity index (χ0n) is 22.3. The van der Waals surface area contributed by atoms with E-state index in [1.807, 2.05) is 39.2 Å². The number of nitriles is 1. The Morgan fingerprint density at radius 1 is 1.18 bits per heavy atom. The topological polar surface area (TPSA) is 114 Å². The van der Waals surface area contributed by atoms with Crippen LogP contribution in [-0.2, 0) is 24.9 Å². The van der Waals surface area contributed by atoms with E-state index in [1.165, 1.54) is 6.08 Å². The lowest BCUT2D eigenvalue weighted by atomic mass is 10.0. The average Bonchev–Trinajstić information content (AvgIpc) is 3.36. The third-order valence-corrected chi connectivity index (χ3v) is 6.34. The number of hydrogen-bond donors (Lipinski definition) is 2. The molecule has 2 aromatic carbocycles. The van der Waals surface area contributed by atoms with E-state index >= 15 is 0 Å². The predicted molar refractivity (Wildman–Crippen MR) is 158 cm³/mol. The fourth-order valence-electron chi connectivity index (χ4n) is 4.08. The van der Waals surface area contributed by atoms with Crippen LogP contribution in [0.1, 0.15) is 30.8 Å². The van der Waals surface area contributed by atoms with E-state index in [2.05, 4.69) is 21.8 Å². The molecule has 0 saturated carbocycles. The van der Waals surface area contributed by atoms with E-state index in [1.54, 1.807) is 35.0 Å². The van der Waals surface area contributed by atoms with Crippen LogP contribution in [-0.4, -0.2) is 33.2 Å². The second-order valence-electron chi connectivity index (χ2n) is 8.66. The molecule has 0 aliphatic rings. The van der Waals surface area contributed by atoms with E-state index in [0.29, 0.717) is 68.8 Å². The number of nitrogens with zero attached hydrogens (tertiary/aromatic N) is 4. The van der Waals surface area contributed by atoms with Crippen LogP contribution in [0.3, 0.4) is 0 Å². The highest BCUT2D eigenvalue weighted by atomic mass is 35.5. The zero-order chi connectivity index (χ0) is 28.6. The number of anilines is 3. The maximum Gasteiger partial charge on any atom is 0.248 e. The van der Waals surface area contributed by atoms with Gasteiger partial charge >= 0.3 is 0 Å². The highest BCUT2D eigenvalue weighted by Gasteiger charge is 2.19. The number of hydrogen-bond acceptors (Lipinski definition) is 7. The largest absolute Gasteiger partial charge is 0.492 e. The molecule has 0 saturated heterocycles. The number of ether oxygens (including phenoxy) is 2. The second-order valence-corrected chi connectivity index (χ2v) is 9.37. The number of amides is 1. The lowest BCUT2D eigenvalue weighted by Crippen LogP contribution is -2.10. The molecule has 0 atom stereocenters. The van der Waals surface area contributed by atoms with Gasteiger partial charge in [-0.3, -0.25) is 14.5 Å². The summed E-state index contributed by atoms with van der Waals surface area (Å²) in [6, 6.07) is 12.9. The van der Waals surface area contributed by atoms with E-state index in [-0.39, 0.29) is 18.4 Å². The summed E-state index contributed by atoms with van der Waals surface area (Å²) in [7, 11) is 1.84. The van der Waals surface area contributed by atoms with Gasteiger partial charge in [-0.2, -0.15) is 10.4 Å². The van der Waals surface area contributed by atoms with Crippen molar-refractivity contribution in [3.05, 3.63) is 76.7 Å². The molecule has 206 valence electrons. The molecule has 0 aliphatic heterocycles. The van der Waals surface area contributed by atoms with Crippen molar-refractivity contribution in [2.24, 2.45) is 7.05 Å². The summed E-state index contributed by atoms with van der Waals surface area (Å²) in [5.74, 6) is 0.818. The Hall–Kier alpha value is -4.26.